The van der Waals surface area contributed by atoms with Gasteiger partial charge in [0.05, 0.1) is 0 Å². The summed E-state index contributed by atoms with van der Waals surface area (Å²) in [6.45, 7) is 0.206. The summed E-state index contributed by atoms with van der Waals surface area (Å²) in [5, 5.41) is 0. The Hall–Kier alpha value is -1.81. The van der Waals surface area contributed by atoms with Gasteiger partial charge in [-0.3, -0.25) is 0 Å². The minimum absolute atomic E-state index is 0.206. The van der Waals surface area contributed by atoms with E-state index in [4.69, 9.17) is 5.73 Å². The number of nitrogens with two attached hydrogens (primary N) is 1. The second-order valence-electron chi connectivity index (χ2n) is 3.14. The summed E-state index contributed by atoms with van der Waals surface area (Å²) >= 11 is 0. The molecule has 0 amide bonds. The van der Waals surface area contributed by atoms with Crippen molar-refractivity contribution < 1.29 is 4.39 Å². The second kappa shape index (κ2) is 4.14. The fourth-order valence-electron chi connectivity index (χ4n) is 1.34. The fraction of sp³-hybridized carbons (Fsp3) is 0.0909. The highest BCUT2D eigenvalue weighted by atomic mass is 19.1. The zero-order valence-corrected chi connectivity index (χ0v) is 8.02. The van der Waals surface area contributed by atoms with Gasteiger partial charge in [0.1, 0.15) is 12.1 Å². The maximum Gasteiger partial charge on any atom is 0.128 e. The van der Waals surface area contributed by atoms with Crippen LogP contribution in [0, 0.1) is 5.82 Å². The van der Waals surface area contributed by atoms with Crippen LogP contribution in [0.4, 0.5) is 4.39 Å². The van der Waals surface area contributed by atoms with Gasteiger partial charge in [-0.2, -0.15) is 0 Å². The topological polar surface area (TPSA) is 51.8 Å². The van der Waals surface area contributed by atoms with Gasteiger partial charge in [-0.25, -0.2) is 14.4 Å². The van der Waals surface area contributed by atoms with Crippen molar-refractivity contribution in [2.45, 2.75) is 6.54 Å². The maximum absolute atomic E-state index is 13.4. The van der Waals surface area contributed by atoms with Crippen LogP contribution >= 0.6 is 0 Å². The number of aromatic nitrogens is 2. The largest absolute Gasteiger partial charge is 0.326 e. The minimum Gasteiger partial charge on any atom is -0.326 e. The Kier molecular flexibility index (Phi) is 2.69. The molecule has 2 rings (SSSR count). The normalized spacial score (nSPS) is 10.3. The van der Waals surface area contributed by atoms with E-state index in [1.165, 1.54) is 12.4 Å². The average molecular weight is 203 g/mol. The monoisotopic (exact) mass is 203 g/mol. The average Bonchev–Trinajstić information content (AvgIpc) is 2.30. The Morgan fingerprint density at radius 2 is 1.87 bits per heavy atom. The van der Waals surface area contributed by atoms with Crippen LogP contribution in [0.25, 0.3) is 11.1 Å². The molecule has 0 spiro atoms. The Morgan fingerprint density at radius 1 is 1.13 bits per heavy atom. The van der Waals surface area contributed by atoms with Gasteiger partial charge < -0.3 is 5.73 Å². The van der Waals surface area contributed by atoms with Crippen molar-refractivity contribution in [2.75, 3.05) is 0 Å². The molecular formula is C11H10FN3. The van der Waals surface area contributed by atoms with Gasteiger partial charge in [0.25, 0.3) is 0 Å². The first kappa shape index (κ1) is 9.73. The molecule has 0 bridgehead atoms. The van der Waals surface area contributed by atoms with Crippen LogP contribution < -0.4 is 5.73 Å². The molecule has 0 unspecified atom stereocenters. The van der Waals surface area contributed by atoms with E-state index < -0.39 is 0 Å². The lowest BCUT2D eigenvalue weighted by Crippen LogP contribution is -1.99. The summed E-state index contributed by atoms with van der Waals surface area (Å²) in [7, 11) is 0. The van der Waals surface area contributed by atoms with E-state index in [1.54, 1.807) is 18.5 Å². The number of halogens is 1. The SMILES string of the molecule is NCc1ccc(-c2cncnc2)cc1F. The molecule has 2 N–H and O–H groups in total. The predicted molar refractivity (Wildman–Crippen MR) is 55.3 cm³/mol. The highest BCUT2D eigenvalue weighted by Gasteiger charge is 2.03. The number of nitrogens with zero attached hydrogens (tertiary/aromatic N) is 2. The predicted octanol–water partition coefficient (Wildman–Crippen LogP) is 1.74. The summed E-state index contributed by atoms with van der Waals surface area (Å²) in [4.78, 5) is 7.75. The molecule has 0 saturated carbocycles. The number of rotatable bonds is 2. The highest BCUT2D eigenvalue weighted by molar-refractivity contribution is 5.61. The standard InChI is InChI=1S/C11H10FN3/c12-11-3-8(1-2-9(11)4-13)10-5-14-7-15-6-10/h1-3,5-7H,4,13H2. The zero-order chi connectivity index (χ0) is 10.7. The lowest BCUT2D eigenvalue weighted by molar-refractivity contribution is 0.611. The van der Waals surface area contributed by atoms with Crippen molar-refractivity contribution in [1.82, 2.24) is 9.97 Å². The molecule has 0 aliphatic carbocycles. The molecule has 1 aromatic heterocycles. The van der Waals surface area contributed by atoms with Crippen LogP contribution in [-0.4, -0.2) is 9.97 Å². The van der Waals surface area contributed by atoms with E-state index in [1.807, 2.05) is 6.07 Å². The van der Waals surface area contributed by atoms with Crippen LogP contribution in [0.15, 0.2) is 36.9 Å². The molecule has 0 fully saturated rings. The fourth-order valence-corrected chi connectivity index (χ4v) is 1.34. The van der Waals surface area contributed by atoms with E-state index in [0.29, 0.717) is 5.56 Å². The van der Waals surface area contributed by atoms with E-state index in [2.05, 4.69) is 9.97 Å². The third-order valence-electron chi connectivity index (χ3n) is 2.17. The quantitative estimate of drug-likeness (QED) is 0.808. The molecular weight excluding hydrogens is 193 g/mol. The van der Waals surface area contributed by atoms with E-state index in [-0.39, 0.29) is 12.4 Å². The first-order valence-corrected chi connectivity index (χ1v) is 4.55. The van der Waals surface area contributed by atoms with Crippen molar-refractivity contribution in [3.8, 4) is 11.1 Å². The highest BCUT2D eigenvalue weighted by Crippen LogP contribution is 2.19. The van der Waals surface area contributed by atoms with Gasteiger partial charge in [0.2, 0.25) is 0 Å². The van der Waals surface area contributed by atoms with Crippen LogP contribution in [0.3, 0.4) is 0 Å². The molecule has 1 aromatic carbocycles. The van der Waals surface area contributed by atoms with Gasteiger partial charge in [-0.1, -0.05) is 12.1 Å². The molecule has 0 atom stereocenters. The first-order chi connectivity index (χ1) is 7.31. The second-order valence-corrected chi connectivity index (χ2v) is 3.14. The molecule has 0 aliphatic rings. The number of hydrogen-bond acceptors (Lipinski definition) is 3. The van der Waals surface area contributed by atoms with Gasteiger partial charge in [0.15, 0.2) is 0 Å². The molecule has 2 aromatic rings. The Labute approximate surface area is 86.8 Å². The Morgan fingerprint density at radius 3 is 2.47 bits per heavy atom. The van der Waals surface area contributed by atoms with Crippen molar-refractivity contribution in [3.05, 3.63) is 48.3 Å². The summed E-state index contributed by atoms with van der Waals surface area (Å²) in [6, 6.07) is 4.93. The Bertz CT molecular complexity index is 457. The summed E-state index contributed by atoms with van der Waals surface area (Å²) in [6.07, 6.45) is 4.72. The Balaban J connectivity index is 2.43. The van der Waals surface area contributed by atoms with Gasteiger partial charge in [-0.15, -0.1) is 0 Å². The van der Waals surface area contributed by atoms with Gasteiger partial charge in [0, 0.05) is 30.1 Å². The molecule has 4 heteroatoms. The van der Waals surface area contributed by atoms with Crippen LogP contribution in [0.5, 0.6) is 0 Å². The van der Waals surface area contributed by atoms with Crippen LogP contribution in [0.2, 0.25) is 0 Å². The molecule has 76 valence electrons. The molecule has 3 nitrogen and oxygen atoms in total. The number of hydrogen-bond donors (Lipinski definition) is 1. The molecule has 0 radical (unpaired) electrons. The van der Waals surface area contributed by atoms with Gasteiger partial charge >= 0.3 is 0 Å². The van der Waals surface area contributed by atoms with E-state index in [9.17, 15) is 4.39 Å². The van der Waals surface area contributed by atoms with Crippen molar-refractivity contribution in [3.63, 3.8) is 0 Å². The van der Waals surface area contributed by atoms with Crippen LogP contribution in [-0.2, 0) is 6.54 Å². The molecule has 0 aliphatic heterocycles. The summed E-state index contributed by atoms with van der Waals surface area (Å²) < 4.78 is 13.4. The molecule has 1 heterocycles. The summed E-state index contributed by atoms with van der Waals surface area (Å²) in [5.41, 5.74) is 7.43. The van der Waals surface area contributed by atoms with Crippen molar-refractivity contribution >= 4 is 0 Å². The van der Waals surface area contributed by atoms with E-state index >= 15 is 0 Å². The zero-order valence-electron chi connectivity index (χ0n) is 8.02. The minimum atomic E-state index is -0.293. The summed E-state index contributed by atoms with van der Waals surface area (Å²) in [5.74, 6) is -0.293. The molecule has 15 heavy (non-hydrogen) atoms. The molecule has 0 saturated heterocycles. The van der Waals surface area contributed by atoms with E-state index in [0.717, 1.165) is 11.1 Å². The number of benzene rings is 1. The third-order valence-corrected chi connectivity index (χ3v) is 2.17. The lowest BCUT2D eigenvalue weighted by Gasteiger charge is -2.03. The van der Waals surface area contributed by atoms with Crippen LogP contribution in [0.1, 0.15) is 5.56 Å². The van der Waals surface area contributed by atoms with Gasteiger partial charge in [-0.05, 0) is 11.6 Å². The maximum atomic E-state index is 13.4. The first-order valence-electron chi connectivity index (χ1n) is 4.55. The van der Waals surface area contributed by atoms with Crippen molar-refractivity contribution in [2.24, 2.45) is 5.73 Å². The third kappa shape index (κ3) is 1.99. The van der Waals surface area contributed by atoms with Crippen molar-refractivity contribution in [1.29, 1.82) is 0 Å². The lowest BCUT2D eigenvalue weighted by atomic mass is 10.1. The smallest absolute Gasteiger partial charge is 0.128 e.